The van der Waals surface area contributed by atoms with Crippen molar-refractivity contribution in [3.63, 3.8) is 0 Å². The van der Waals surface area contributed by atoms with Crippen LogP contribution in [0.25, 0.3) is 9.40 Å². The zero-order chi connectivity index (χ0) is 20.9. The number of nitrogens with zero attached hydrogens (tertiary/aromatic N) is 2. The molecule has 0 spiro atoms. The van der Waals surface area contributed by atoms with Gasteiger partial charge in [-0.2, -0.15) is 0 Å². The molecule has 2 aliphatic heterocycles. The Morgan fingerprint density at radius 2 is 2.07 bits per heavy atom. The molecule has 1 saturated heterocycles. The van der Waals surface area contributed by atoms with Crippen LogP contribution < -0.4 is 5.32 Å². The van der Waals surface area contributed by atoms with Gasteiger partial charge in [0.05, 0.1) is 9.21 Å². The first-order valence-corrected chi connectivity index (χ1v) is 11.4. The molecule has 4 rings (SSSR count). The number of rotatable bonds is 5. The van der Waals surface area contributed by atoms with Crippen LogP contribution in [0.5, 0.6) is 0 Å². The molecule has 12 heteroatoms. The van der Waals surface area contributed by atoms with Crippen molar-refractivity contribution in [1.82, 2.24) is 10.2 Å². The number of thioether (sulfide) groups is 1. The van der Waals surface area contributed by atoms with Crippen LogP contribution in [0.15, 0.2) is 28.6 Å². The number of hydrogen-bond acceptors (Lipinski definition) is 8. The third-order valence-electron chi connectivity index (χ3n) is 4.46. The highest BCUT2D eigenvalue weighted by Gasteiger charge is 2.54. The van der Waals surface area contributed by atoms with E-state index in [9.17, 15) is 19.5 Å². The fourth-order valence-electron chi connectivity index (χ4n) is 3.20. The van der Waals surface area contributed by atoms with E-state index in [-0.39, 0.29) is 11.4 Å². The van der Waals surface area contributed by atoms with Crippen LogP contribution in [0.2, 0.25) is 4.34 Å². The Bertz CT molecular complexity index is 1070. The Labute approximate surface area is 182 Å². The SMILES string of the molecule is CON=C(C(=O)NC1C(=O)N2C(C(=O)O)=C(C)CS[C@H]12)c1cc2sc(Cl)cc2s1. The zero-order valence-electron chi connectivity index (χ0n) is 15.1. The van der Waals surface area contributed by atoms with E-state index >= 15 is 0 Å². The molecule has 0 aromatic carbocycles. The van der Waals surface area contributed by atoms with Crippen molar-refractivity contribution >= 4 is 78.9 Å². The minimum Gasteiger partial charge on any atom is -0.477 e. The van der Waals surface area contributed by atoms with Crippen LogP contribution in [-0.4, -0.2) is 57.8 Å². The van der Waals surface area contributed by atoms with E-state index in [1.54, 1.807) is 13.0 Å². The number of carbonyl (C=O) groups excluding carboxylic acids is 2. The summed E-state index contributed by atoms with van der Waals surface area (Å²) in [4.78, 5) is 43.6. The number of aliphatic carboxylic acids is 1. The van der Waals surface area contributed by atoms with E-state index in [4.69, 9.17) is 16.4 Å². The van der Waals surface area contributed by atoms with Gasteiger partial charge in [0.15, 0.2) is 5.71 Å². The number of carbonyl (C=O) groups is 3. The molecule has 2 aromatic rings. The fourth-order valence-corrected chi connectivity index (χ4v) is 7.01. The first kappa shape index (κ1) is 20.2. The van der Waals surface area contributed by atoms with Crippen molar-refractivity contribution in [1.29, 1.82) is 0 Å². The van der Waals surface area contributed by atoms with Gasteiger partial charge in [-0.25, -0.2) is 4.79 Å². The molecule has 2 amide bonds. The number of thiophene rings is 2. The second kappa shape index (κ2) is 7.63. The van der Waals surface area contributed by atoms with Crippen molar-refractivity contribution in [3.05, 3.63) is 32.6 Å². The Balaban J connectivity index is 1.55. The lowest BCUT2D eigenvalue weighted by atomic mass is 10.0. The van der Waals surface area contributed by atoms with E-state index in [2.05, 4.69) is 10.5 Å². The molecule has 8 nitrogen and oxygen atoms in total. The number of carboxylic acid groups (broad SMARTS) is 1. The van der Waals surface area contributed by atoms with Gasteiger partial charge in [0.1, 0.15) is 24.2 Å². The van der Waals surface area contributed by atoms with E-state index in [1.165, 1.54) is 46.4 Å². The van der Waals surface area contributed by atoms with Gasteiger partial charge in [-0.1, -0.05) is 16.8 Å². The number of β-lactam (4-membered cyclic amide) rings is 1. The minimum atomic E-state index is -1.15. The number of halogens is 1. The predicted molar refractivity (Wildman–Crippen MR) is 114 cm³/mol. The van der Waals surface area contributed by atoms with E-state index < -0.39 is 29.2 Å². The first-order chi connectivity index (χ1) is 13.8. The number of nitrogens with one attached hydrogen (secondary N) is 1. The topological polar surface area (TPSA) is 108 Å². The highest BCUT2D eigenvalue weighted by Crippen LogP contribution is 2.40. The molecule has 2 atom stereocenters. The maximum Gasteiger partial charge on any atom is 0.352 e. The number of carboxylic acids is 1. The number of hydrogen-bond donors (Lipinski definition) is 2. The summed E-state index contributed by atoms with van der Waals surface area (Å²) in [5.74, 6) is -1.69. The van der Waals surface area contributed by atoms with Gasteiger partial charge >= 0.3 is 5.97 Å². The molecule has 29 heavy (non-hydrogen) atoms. The van der Waals surface area contributed by atoms with Crippen LogP contribution in [0.1, 0.15) is 11.8 Å². The van der Waals surface area contributed by atoms with Gasteiger partial charge in [-0.05, 0) is 24.6 Å². The van der Waals surface area contributed by atoms with Gasteiger partial charge < -0.3 is 15.3 Å². The van der Waals surface area contributed by atoms with Gasteiger partial charge in [0.25, 0.3) is 11.8 Å². The van der Waals surface area contributed by atoms with Gasteiger partial charge in [-0.3, -0.25) is 14.5 Å². The Morgan fingerprint density at radius 1 is 1.34 bits per heavy atom. The summed E-state index contributed by atoms with van der Waals surface area (Å²) >= 11 is 10.1. The van der Waals surface area contributed by atoms with Crippen LogP contribution in [0.4, 0.5) is 0 Å². The zero-order valence-corrected chi connectivity index (χ0v) is 18.3. The number of fused-ring (bicyclic) bond motifs is 2. The smallest absolute Gasteiger partial charge is 0.352 e. The Kier molecular flexibility index (Phi) is 5.32. The van der Waals surface area contributed by atoms with E-state index in [0.717, 1.165) is 9.40 Å². The average Bonchev–Trinajstić information content (AvgIpc) is 3.20. The molecule has 2 aromatic heterocycles. The number of amides is 2. The monoisotopic (exact) mass is 471 g/mol. The second-order valence-corrected chi connectivity index (χ2v) is 10.2. The maximum atomic E-state index is 12.9. The molecule has 2 N–H and O–H groups in total. The summed E-state index contributed by atoms with van der Waals surface area (Å²) in [6.45, 7) is 1.68. The van der Waals surface area contributed by atoms with Gasteiger partial charge in [0, 0.05) is 15.2 Å². The molecular formula is C17H14ClN3O5S3. The molecule has 0 radical (unpaired) electrons. The van der Waals surface area contributed by atoms with E-state index in [0.29, 0.717) is 20.5 Å². The van der Waals surface area contributed by atoms with Crippen LogP contribution in [0, 0.1) is 0 Å². The molecule has 2 aliphatic rings. The first-order valence-electron chi connectivity index (χ1n) is 8.30. The summed E-state index contributed by atoms with van der Waals surface area (Å²) < 4.78 is 2.50. The van der Waals surface area contributed by atoms with Crippen molar-refractivity contribution in [2.45, 2.75) is 18.3 Å². The lowest BCUT2D eigenvalue weighted by molar-refractivity contribution is -0.150. The van der Waals surface area contributed by atoms with Crippen LogP contribution in [-0.2, 0) is 19.2 Å². The lowest BCUT2D eigenvalue weighted by Crippen LogP contribution is -2.71. The standard InChI is InChI=1S/C17H14ClN3O5S3/c1-6-5-27-16-12(15(23)21(16)13(6)17(24)25)19-14(22)11(20-26-2)9-3-7-8(28-9)4-10(18)29-7/h3-4,12,16H,5H2,1-2H3,(H,19,22)(H,24,25)/t12?,16-/m1/s1. The van der Waals surface area contributed by atoms with Crippen LogP contribution >= 0.6 is 46.0 Å². The summed E-state index contributed by atoms with van der Waals surface area (Å²) in [5.41, 5.74) is 0.662. The summed E-state index contributed by atoms with van der Waals surface area (Å²) in [5, 5.41) is 15.5. The van der Waals surface area contributed by atoms with Crippen molar-refractivity contribution in [2.75, 3.05) is 12.9 Å². The van der Waals surface area contributed by atoms with Gasteiger partial charge in [-0.15, -0.1) is 34.4 Å². The Morgan fingerprint density at radius 3 is 2.72 bits per heavy atom. The molecule has 152 valence electrons. The molecule has 4 heterocycles. The molecule has 0 aliphatic carbocycles. The third-order valence-corrected chi connectivity index (χ3v) is 8.31. The number of oxime groups is 1. The second-order valence-electron chi connectivity index (χ2n) is 6.31. The average molecular weight is 472 g/mol. The lowest BCUT2D eigenvalue weighted by Gasteiger charge is -2.49. The summed E-state index contributed by atoms with van der Waals surface area (Å²) in [6, 6.07) is 2.78. The molecule has 1 unspecified atom stereocenters. The van der Waals surface area contributed by atoms with Crippen LogP contribution in [0.3, 0.4) is 0 Å². The quantitative estimate of drug-likeness (QED) is 0.394. The minimum absolute atomic E-state index is 0.00889. The largest absolute Gasteiger partial charge is 0.477 e. The maximum absolute atomic E-state index is 12.9. The van der Waals surface area contributed by atoms with Crippen molar-refractivity contribution in [2.24, 2.45) is 5.16 Å². The molecular weight excluding hydrogens is 458 g/mol. The highest BCUT2D eigenvalue weighted by atomic mass is 35.5. The molecule has 1 fully saturated rings. The highest BCUT2D eigenvalue weighted by molar-refractivity contribution is 8.00. The Hall–Kier alpha value is -2.08. The van der Waals surface area contributed by atoms with E-state index in [1.807, 2.05) is 6.07 Å². The summed E-state index contributed by atoms with van der Waals surface area (Å²) in [7, 11) is 1.33. The third kappa shape index (κ3) is 3.41. The van der Waals surface area contributed by atoms with Crippen molar-refractivity contribution in [3.8, 4) is 0 Å². The molecule has 0 saturated carbocycles. The normalized spacial score (nSPS) is 21.8. The van der Waals surface area contributed by atoms with Crippen molar-refractivity contribution < 1.29 is 24.3 Å². The predicted octanol–water partition coefficient (Wildman–Crippen LogP) is 2.73. The van der Waals surface area contributed by atoms with Gasteiger partial charge in [0.2, 0.25) is 0 Å². The summed E-state index contributed by atoms with van der Waals surface area (Å²) in [6.07, 6.45) is 0. The fraction of sp³-hybridized carbons (Fsp3) is 0.294. The molecule has 0 bridgehead atoms.